The van der Waals surface area contributed by atoms with Crippen molar-refractivity contribution in [3.63, 3.8) is 0 Å². The molecule has 2 N–H and O–H groups in total. The van der Waals surface area contributed by atoms with E-state index in [1.807, 2.05) is 0 Å². The van der Waals surface area contributed by atoms with Gasteiger partial charge in [-0.05, 0) is 83.8 Å². The highest BCUT2D eigenvalue weighted by atomic mass is 35.5. The molecule has 3 heterocycles. The number of anilines is 1. The number of carbonyl (C=O) groups is 3. The van der Waals surface area contributed by atoms with Gasteiger partial charge in [0.25, 0.3) is 11.8 Å². The van der Waals surface area contributed by atoms with Crippen LogP contribution in [0, 0.1) is 0 Å². The van der Waals surface area contributed by atoms with Crippen molar-refractivity contribution in [3.05, 3.63) is 66.3 Å². The van der Waals surface area contributed by atoms with Crippen LogP contribution in [0.1, 0.15) is 87.0 Å². The molecule has 0 unspecified atom stereocenters. The van der Waals surface area contributed by atoms with Crippen LogP contribution in [0.25, 0.3) is 0 Å². The van der Waals surface area contributed by atoms with Crippen molar-refractivity contribution < 1.29 is 19.1 Å². The van der Waals surface area contributed by atoms with Gasteiger partial charge in [-0.25, -0.2) is 9.78 Å². The van der Waals surface area contributed by atoms with Gasteiger partial charge in [0.15, 0.2) is 5.01 Å². The van der Waals surface area contributed by atoms with E-state index in [0.29, 0.717) is 37.1 Å². The molecule has 0 radical (unpaired) electrons. The average molecular weight is 589 g/mol. The van der Waals surface area contributed by atoms with Gasteiger partial charge >= 0.3 is 5.97 Å². The second kappa shape index (κ2) is 12.2. The number of carbonyl (C=O) groups excluding carboxylic acids is 3. The number of thiophene rings is 1. The average Bonchev–Trinajstić information content (AvgIpc) is 3.42. The van der Waals surface area contributed by atoms with E-state index in [4.69, 9.17) is 16.3 Å². The molecule has 8 nitrogen and oxygen atoms in total. The first-order chi connectivity index (χ1) is 18.4. The van der Waals surface area contributed by atoms with Gasteiger partial charge in [-0.15, -0.1) is 22.7 Å². The lowest BCUT2D eigenvalue weighted by atomic mass is 10.1. The van der Waals surface area contributed by atoms with Crippen molar-refractivity contribution in [2.45, 2.75) is 72.2 Å². The van der Waals surface area contributed by atoms with Crippen molar-refractivity contribution in [1.82, 2.24) is 15.2 Å². The lowest BCUT2D eigenvalue weighted by Gasteiger charge is -2.23. The summed E-state index contributed by atoms with van der Waals surface area (Å²) in [7, 11) is 0. The summed E-state index contributed by atoms with van der Waals surface area (Å²) in [5.74, 6) is -1.14. The molecule has 1 aromatic carbocycles. The van der Waals surface area contributed by atoms with Gasteiger partial charge in [0.1, 0.15) is 5.60 Å². The van der Waals surface area contributed by atoms with Gasteiger partial charge in [0, 0.05) is 29.7 Å². The van der Waals surface area contributed by atoms with Gasteiger partial charge in [-0.1, -0.05) is 17.7 Å². The second-order valence-electron chi connectivity index (χ2n) is 10.7. The number of hydrogen-bond acceptors (Lipinski definition) is 8. The number of ether oxygens (including phenoxy) is 1. The Hall–Kier alpha value is -2.79. The Labute approximate surface area is 241 Å². The molecular formula is C28H33ClN4O4S2. The van der Waals surface area contributed by atoms with Gasteiger partial charge in [0.05, 0.1) is 20.5 Å². The monoisotopic (exact) mass is 588 g/mol. The Balaban J connectivity index is 1.57. The molecule has 2 aromatic heterocycles. The van der Waals surface area contributed by atoms with Crippen LogP contribution in [-0.4, -0.2) is 45.9 Å². The van der Waals surface area contributed by atoms with Gasteiger partial charge in [-0.3, -0.25) is 14.5 Å². The van der Waals surface area contributed by atoms with E-state index >= 15 is 0 Å². The predicted octanol–water partition coefficient (Wildman–Crippen LogP) is 6.15. The Morgan fingerprint density at radius 3 is 2.56 bits per heavy atom. The zero-order valence-electron chi connectivity index (χ0n) is 22.7. The molecule has 4 rings (SSSR count). The smallest absolute Gasteiger partial charge is 0.338 e. The highest BCUT2D eigenvalue weighted by Crippen LogP contribution is 2.28. The summed E-state index contributed by atoms with van der Waals surface area (Å²) >= 11 is 8.55. The Kier molecular flexibility index (Phi) is 9.10. The number of amides is 2. The molecule has 0 aliphatic carbocycles. The number of nitrogens with zero attached hydrogens (tertiary/aromatic N) is 2. The van der Waals surface area contributed by atoms with Gasteiger partial charge in [0.2, 0.25) is 0 Å². The quantitative estimate of drug-likeness (QED) is 0.321. The summed E-state index contributed by atoms with van der Waals surface area (Å²) in [4.78, 5) is 47.4. The Morgan fingerprint density at radius 2 is 1.90 bits per heavy atom. The summed E-state index contributed by atoms with van der Waals surface area (Å²) in [6.07, 6.45) is 1.83. The SMILES string of the molecule is CC(C)N1CCCc2nc(C(=O)Nc3cc(C(=O)OC(C)(C)C)ccc3CNC(=O)c3ccc(Cl)s3)sc2C1. The summed E-state index contributed by atoms with van der Waals surface area (Å²) in [6.45, 7) is 11.6. The van der Waals surface area contributed by atoms with Crippen LogP contribution in [0.3, 0.4) is 0 Å². The number of thiazole rings is 1. The minimum atomic E-state index is -0.669. The molecule has 11 heteroatoms. The van der Waals surface area contributed by atoms with Crippen LogP contribution in [0.5, 0.6) is 0 Å². The summed E-state index contributed by atoms with van der Waals surface area (Å²) < 4.78 is 6.04. The molecular weight excluding hydrogens is 556 g/mol. The lowest BCUT2D eigenvalue weighted by molar-refractivity contribution is 0.00692. The minimum absolute atomic E-state index is 0.135. The number of esters is 1. The van der Waals surface area contributed by atoms with Crippen molar-refractivity contribution in [1.29, 1.82) is 0 Å². The van der Waals surface area contributed by atoms with Gasteiger partial charge in [-0.2, -0.15) is 0 Å². The largest absolute Gasteiger partial charge is 0.456 e. The van der Waals surface area contributed by atoms with E-state index < -0.39 is 11.6 Å². The fraction of sp³-hybridized carbons (Fsp3) is 0.429. The van der Waals surface area contributed by atoms with Crippen LogP contribution in [-0.2, 0) is 24.2 Å². The molecule has 0 saturated heterocycles. The Bertz CT molecular complexity index is 1380. The van der Waals surface area contributed by atoms with Crippen molar-refractivity contribution in [2.24, 2.45) is 0 Å². The van der Waals surface area contributed by atoms with E-state index in [1.165, 1.54) is 22.7 Å². The van der Waals surface area contributed by atoms with E-state index in [2.05, 4.69) is 34.4 Å². The van der Waals surface area contributed by atoms with Crippen molar-refractivity contribution >= 4 is 57.7 Å². The number of benzene rings is 1. The fourth-order valence-corrected chi connectivity index (χ4v) is 6.13. The van der Waals surface area contributed by atoms with Crippen LogP contribution < -0.4 is 10.6 Å². The molecule has 0 bridgehead atoms. The minimum Gasteiger partial charge on any atom is -0.456 e. The van der Waals surface area contributed by atoms with E-state index in [1.54, 1.807) is 51.1 Å². The van der Waals surface area contributed by atoms with E-state index in [9.17, 15) is 14.4 Å². The number of fused-ring (bicyclic) bond motifs is 1. The van der Waals surface area contributed by atoms with Crippen LogP contribution in [0.15, 0.2) is 30.3 Å². The summed E-state index contributed by atoms with van der Waals surface area (Å²) in [6, 6.07) is 8.64. The highest BCUT2D eigenvalue weighted by Gasteiger charge is 2.24. The predicted molar refractivity (Wildman–Crippen MR) is 156 cm³/mol. The standard InChI is InChI=1S/C28H33ClN4O4S2/c1-16(2)33-12-6-7-19-22(15-33)39-26(32-19)25(35)31-20-13-17(27(36)37-28(3,4)5)8-9-18(20)14-30-24(34)21-10-11-23(29)38-21/h8-11,13,16H,6-7,12,14-15H2,1-5H3,(H,30,34)(H,31,35). The number of rotatable bonds is 7. The third-order valence-corrected chi connectivity index (χ3v) is 8.45. The van der Waals surface area contributed by atoms with Crippen molar-refractivity contribution in [3.8, 4) is 0 Å². The highest BCUT2D eigenvalue weighted by molar-refractivity contribution is 7.18. The number of aromatic nitrogens is 1. The fourth-order valence-electron chi connectivity index (χ4n) is 4.14. The first-order valence-electron chi connectivity index (χ1n) is 12.8. The van der Waals surface area contributed by atoms with Gasteiger partial charge < -0.3 is 15.4 Å². The molecule has 1 aliphatic heterocycles. The summed E-state index contributed by atoms with van der Waals surface area (Å²) in [5, 5.41) is 6.16. The molecule has 0 fully saturated rings. The topological polar surface area (TPSA) is 101 Å². The third-order valence-electron chi connectivity index (χ3n) is 6.14. The Morgan fingerprint density at radius 1 is 1.13 bits per heavy atom. The maximum atomic E-state index is 13.4. The molecule has 3 aromatic rings. The number of aryl methyl sites for hydroxylation is 1. The molecule has 2 amide bonds. The maximum Gasteiger partial charge on any atom is 0.338 e. The zero-order chi connectivity index (χ0) is 28.3. The summed E-state index contributed by atoms with van der Waals surface area (Å²) in [5.41, 5.74) is 1.64. The molecule has 1 aliphatic rings. The van der Waals surface area contributed by atoms with E-state index in [-0.39, 0.29) is 18.4 Å². The van der Waals surface area contributed by atoms with Crippen LogP contribution in [0.2, 0.25) is 4.34 Å². The number of hydrogen-bond donors (Lipinski definition) is 2. The maximum absolute atomic E-state index is 13.4. The molecule has 0 spiro atoms. The number of nitrogens with one attached hydrogen (secondary N) is 2. The van der Waals surface area contributed by atoms with Crippen LogP contribution >= 0.6 is 34.3 Å². The molecule has 0 saturated carbocycles. The first-order valence-corrected chi connectivity index (χ1v) is 14.8. The van der Waals surface area contributed by atoms with Crippen molar-refractivity contribution in [2.75, 3.05) is 11.9 Å². The number of halogens is 1. The molecule has 0 atom stereocenters. The lowest BCUT2D eigenvalue weighted by Crippen LogP contribution is -2.30. The zero-order valence-corrected chi connectivity index (χ0v) is 25.1. The third kappa shape index (κ3) is 7.66. The molecule has 208 valence electrons. The van der Waals surface area contributed by atoms with Crippen LogP contribution in [0.4, 0.5) is 5.69 Å². The van der Waals surface area contributed by atoms with E-state index in [0.717, 1.165) is 36.5 Å². The normalized spacial score (nSPS) is 14.0. The first kappa shape index (κ1) is 29.2. The molecule has 39 heavy (non-hydrogen) atoms. The second-order valence-corrected chi connectivity index (χ2v) is 13.5.